The molecule has 228 valence electrons. The van der Waals surface area contributed by atoms with Gasteiger partial charge in [-0.1, -0.05) is 18.2 Å². The van der Waals surface area contributed by atoms with Gasteiger partial charge in [-0.15, -0.1) is 0 Å². The van der Waals surface area contributed by atoms with E-state index in [0.29, 0.717) is 40.8 Å². The molecule has 11 nitrogen and oxygen atoms in total. The van der Waals surface area contributed by atoms with Gasteiger partial charge in [-0.2, -0.15) is 5.10 Å². The number of ether oxygens (including phenoxy) is 1. The molecule has 2 aliphatic rings. The molecule has 2 aromatic heterocycles. The van der Waals surface area contributed by atoms with Crippen LogP contribution in [0.15, 0.2) is 60.1 Å². The molecule has 5 rings (SSSR count). The summed E-state index contributed by atoms with van der Waals surface area (Å²) in [5.74, 6) is -0.130. The number of likely N-dealkylation sites (tertiary alicyclic amines) is 1. The van der Waals surface area contributed by atoms with Crippen molar-refractivity contribution in [2.75, 3.05) is 20.1 Å². The molecule has 2 amide bonds. The number of hydrogen-bond donors (Lipinski definition) is 2. The van der Waals surface area contributed by atoms with Crippen LogP contribution in [0, 0.1) is 12.8 Å². The Hall–Kier alpha value is -4.71. The number of carbonyl (C=O) groups is 3. The van der Waals surface area contributed by atoms with E-state index in [9.17, 15) is 14.4 Å². The molecule has 1 aliphatic heterocycles. The third-order valence-corrected chi connectivity index (χ3v) is 8.18. The van der Waals surface area contributed by atoms with Crippen LogP contribution >= 0.6 is 11.8 Å². The molecule has 2 atom stereocenters. The van der Waals surface area contributed by atoms with Crippen molar-refractivity contribution in [2.45, 2.75) is 32.4 Å². The molecular formula is C32H35N7O4S. The number of benzene rings is 1. The second-order valence-corrected chi connectivity index (χ2v) is 11.5. The molecular weight excluding hydrogens is 578 g/mol. The summed E-state index contributed by atoms with van der Waals surface area (Å²) in [5.41, 5.74) is 6.52. The Kier molecular flexibility index (Phi) is 9.90. The van der Waals surface area contributed by atoms with Gasteiger partial charge in [0.1, 0.15) is 17.4 Å². The van der Waals surface area contributed by atoms with E-state index in [2.05, 4.69) is 38.0 Å². The van der Waals surface area contributed by atoms with E-state index in [-0.39, 0.29) is 30.7 Å². The summed E-state index contributed by atoms with van der Waals surface area (Å²) >= 11 is 0.936. The van der Waals surface area contributed by atoms with Gasteiger partial charge in [0.05, 0.1) is 29.8 Å². The lowest BCUT2D eigenvalue weighted by molar-refractivity contribution is -0.129. The molecule has 0 spiro atoms. The molecule has 44 heavy (non-hydrogen) atoms. The quantitative estimate of drug-likeness (QED) is 0.152. The maximum Gasteiger partial charge on any atom is 0.251 e. The highest BCUT2D eigenvalue weighted by Gasteiger charge is 2.39. The Morgan fingerprint density at radius 3 is 2.77 bits per heavy atom. The lowest BCUT2D eigenvalue weighted by Crippen LogP contribution is -2.43. The van der Waals surface area contributed by atoms with E-state index in [1.165, 1.54) is 0 Å². The van der Waals surface area contributed by atoms with Crippen LogP contribution in [0.4, 0.5) is 0 Å². The number of aromatic nitrogens is 3. The number of amides is 2. The Bertz CT molecular complexity index is 1710. The first-order valence-electron chi connectivity index (χ1n) is 14.3. The van der Waals surface area contributed by atoms with Crippen molar-refractivity contribution >= 4 is 46.4 Å². The second-order valence-electron chi connectivity index (χ2n) is 10.6. The van der Waals surface area contributed by atoms with Crippen LogP contribution in [-0.2, 0) is 29.7 Å². The van der Waals surface area contributed by atoms with Crippen LogP contribution in [0.25, 0.3) is 12.2 Å². The van der Waals surface area contributed by atoms with Gasteiger partial charge < -0.3 is 24.9 Å². The van der Waals surface area contributed by atoms with Crippen LogP contribution in [0.5, 0.6) is 5.75 Å². The van der Waals surface area contributed by atoms with E-state index < -0.39 is 6.04 Å². The molecule has 3 aromatic rings. The van der Waals surface area contributed by atoms with Gasteiger partial charge in [-0.25, -0.2) is 4.98 Å². The number of hydrazone groups is 1. The van der Waals surface area contributed by atoms with E-state index in [1.54, 1.807) is 53.3 Å². The fraction of sp³-hybridized carbons (Fsp3) is 0.312. The van der Waals surface area contributed by atoms with E-state index >= 15 is 0 Å². The average molecular weight is 614 g/mol. The van der Waals surface area contributed by atoms with Gasteiger partial charge >= 0.3 is 0 Å². The Labute approximate surface area is 259 Å². The predicted molar refractivity (Wildman–Crippen MR) is 171 cm³/mol. The molecule has 1 aliphatic carbocycles. The van der Waals surface area contributed by atoms with E-state index in [0.717, 1.165) is 40.0 Å². The van der Waals surface area contributed by atoms with Crippen LogP contribution in [-0.4, -0.2) is 68.1 Å². The number of nitrogens with one attached hydrogen (secondary N) is 2. The Balaban J connectivity index is 1.26. The summed E-state index contributed by atoms with van der Waals surface area (Å²) in [6, 6.07) is 8.55. The lowest BCUT2D eigenvalue weighted by Gasteiger charge is -2.20. The first-order valence-corrected chi connectivity index (χ1v) is 15.2. The highest BCUT2D eigenvalue weighted by Crippen LogP contribution is 2.25. The third kappa shape index (κ3) is 7.43. The Morgan fingerprint density at radius 2 is 2.05 bits per heavy atom. The fourth-order valence-corrected chi connectivity index (χ4v) is 6.04. The van der Waals surface area contributed by atoms with Gasteiger partial charge in [0.25, 0.3) is 5.91 Å². The molecule has 1 aromatic carbocycles. The number of nitrogens with zero attached hydrogens (tertiary/aromatic N) is 5. The van der Waals surface area contributed by atoms with E-state index in [1.807, 2.05) is 32.2 Å². The van der Waals surface area contributed by atoms with E-state index in [4.69, 9.17) is 4.74 Å². The topological polar surface area (TPSA) is 131 Å². The molecule has 1 saturated heterocycles. The first-order chi connectivity index (χ1) is 21.3. The minimum Gasteiger partial charge on any atom is -0.489 e. The number of carbonyl (C=O) groups excluding carboxylic acids is 3. The smallest absolute Gasteiger partial charge is 0.251 e. The summed E-state index contributed by atoms with van der Waals surface area (Å²) in [5, 5.41) is 9.84. The number of aryl methyl sites for hydroxylation is 2. The third-order valence-electron chi connectivity index (χ3n) is 7.45. The molecule has 0 radical (unpaired) electrons. The summed E-state index contributed by atoms with van der Waals surface area (Å²) in [6.45, 7) is 2.93. The van der Waals surface area contributed by atoms with Crippen molar-refractivity contribution in [1.29, 1.82) is 0 Å². The van der Waals surface area contributed by atoms with Gasteiger partial charge in [0.2, 0.25) is 5.91 Å². The molecule has 0 bridgehead atoms. The predicted octanol–water partition coefficient (Wildman–Crippen LogP) is 1.48. The van der Waals surface area contributed by atoms with Crippen molar-refractivity contribution < 1.29 is 19.1 Å². The number of imidazole rings is 1. The largest absolute Gasteiger partial charge is 0.489 e. The SMILES string of the molecule is CN/N=C(\SC=O)C1CN(C(=O)Cc2cn(C)cn2)CC1NC(=O)c1ccc(OCc2cc(C)nc3c2=CCC=CC=3)cc1. The van der Waals surface area contributed by atoms with Crippen LogP contribution in [0.3, 0.4) is 0 Å². The molecule has 3 heterocycles. The number of fused-ring (bicyclic) bond motifs is 1. The first kappa shape index (κ1) is 30.7. The highest BCUT2D eigenvalue weighted by atomic mass is 32.2. The summed E-state index contributed by atoms with van der Waals surface area (Å²) in [4.78, 5) is 48.5. The average Bonchev–Trinajstić information content (AvgIpc) is 3.54. The van der Waals surface area contributed by atoms with Gasteiger partial charge in [0, 0.05) is 61.3 Å². The summed E-state index contributed by atoms with van der Waals surface area (Å²) in [7, 11) is 3.49. The van der Waals surface area contributed by atoms with Crippen LogP contribution < -0.4 is 26.0 Å². The number of rotatable bonds is 10. The summed E-state index contributed by atoms with van der Waals surface area (Å²) < 4.78 is 7.88. The van der Waals surface area contributed by atoms with Crippen molar-refractivity contribution in [2.24, 2.45) is 18.1 Å². The molecule has 0 saturated carbocycles. The van der Waals surface area contributed by atoms with Crippen molar-refractivity contribution in [3.05, 3.63) is 88.1 Å². The van der Waals surface area contributed by atoms with Gasteiger partial charge in [-0.05, 0) is 61.5 Å². The number of thioether (sulfide) groups is 1. The Morgan fingerprint density at radius 1 is 1.23 bits per heavy atom. The van der Waals surface area contributed by atoms with Crippen molar-refractivity contribution in [1.82, 2.24) is 30.2 Å². The van der Waals surface area contributed by atoms with Crippen molar-refractivity contribution in [3.8, 4) is 5.75 Å². The highest BCUT2D eigenvalue weighted by molar-refractivity contribution is 8.24. The maximum atomic E-state index is 13.4. The molecule has 12 heteroatoms. The zero-order valence-corrected chi connectivity index (χ0v) is 25.7. The summed E-state index contributed by atoms with van der Waals surface area (Å²) in [6.07, 6.45) is 12.7. The van der Waals surface area contributed by atoms with Gasteiger partial charge in [0.15, 0.2) is 5.62 Å². The molecule has 1 fully saturated rings. The van der Waals surface area contributed by atoms with Crippen molar-refractivity contribution in [3.63, 3.8) is 0 Å². The normalized spacial score (nSPS) is 17.6. The zero-order chi connectivity index (χ0) is 31.1. The maximum absolute atomic E-state index is 13.4. The monoisotopic (exact) mass is 613 g/mol. The fourth-order valence-electron chi connectivity index (χ4n) is 5.38. The number of hydrogen-bond acceptors (Lipinski definition) is 9. The van der Waals surface area contributed by atoms with Crippen LogP contribution in [0.1, 0.15) is 33.7 Å². The minimum atomic E-state index is -0.446. The zero-order valence-electron chi connectivity index (χ0n) is 24.9. The van der Waals surface area contributed by atoms with Crippen LogP contribution in [0.2, 0.25) is 0 Å². The number of pyridine rings is 1. The standard InChI is InChI=1S/C32H35N7O4S/c1-21-13-23(26-7-5-4-6-8-28(26)35-21)18-43-25-11-9-22(10-12-25)31(42)36-29-17-39(16-27(29)32(37-33-2)44-20-40)30(41)14-24-15-38(3)19-34-24/h4,6-13,15,19-20,27,29,33H,5,14,16-18H2,1-3H3,(H,36,42)/b37-32-. The lowest BCUT2D eigenvalue weighted by atomic mass is 10.0. The van der Waals surface area contributed by atoms with Gasteiger partial charge in [-0.3, -0.25) is 19.4 Å². The molecule has 2 unspecified atom stereocenters. The second kappa shape index (κ2) is 14.2. The minimum absolute atomic E-state index is 0.111. The number of allylic oxidation sites excluding steroid dienone is 2. The molecule has 2 N–H and O–H groups in total.